The van der Waals surface area contributed by atoms with Crippen molar-refractivity contribution < 1.29 is 72.1 Å². The standard InChI is InChI=1S/C21H35N9O15P2/c22-8(20(35)36)2-1-3-25-21(24)29-18-14(33)12(31)9(43-18)4-41-46(37,38)45-47(39,40)42-5-10-13(32)15(34)19(44-10)30-7-28-11-16(23)26-6-27-17(11)30/h6-10,12-15,18-19,31-34H,1-5,22H2,(H,35,36)(H,37,38)(H,39,40)(H2,23,26,27)(H3,24,25,29)/p-1/t8-,9+,10+,12+,13+,14+,15+,18+,19+/m0/s1. The number of guanidine groups is 1. The van der Waals surface area contributed by atoms with Crippen molar-refractivity contribution in [1.82, 2.24) is 24.8 Å². The van der Waals surface area contributed by atoms with Crippen molar-refractivity contribution in [3.63, 3.8) is 0 Å². The number of nitrogen functional groups attached to an aromatic ring is 1. The molecular weight excluding hydrogens is 680 g/mol. The number of nitrogens with two attached hydrogens (primary N) is 3. The highest BCUT2D eigenvalue weighted by Gasteiger charge is 2.47. The lowest BCUT2D eigenvalue weighted by atomic mass is 10.1. The minimum Gasteiger partial charge on any atom is -0.548 e. The molecule has 11 atom stereocenters. The highest BCUT2D eigenvalue weighted by Crippen LogP contribution is 2.60. The summed E-state index contributed by atoms with van der Waals surface area (Å²) in [5.41, 5.74) is 17.1. The number of aromatic nitrogens is 4. The molecule has 2 aliphatic rings. The number of hydrogen-bond acceptors (Lipinski definition) is 19. The number of hydrogen-bond donors (Lipinski definition) is 10. The second-order valence-corrected chi connectivity index (χ2v) is 13.3. The SMILES string of the molecule is NC(=NCCC[C@H](N)C(=O)[O-])N[C@@H]1O[C@H](COP(=O)(O)OP(=O)(O)OC[C@H]2O[C@@H](n3cnc4c(N)ncnc43)[C@H](O)[C@@H]2O)[C@@H](O)[C@H]1O. The monoisotopic (exact) mass is 714 g/mol. The Morgan fingerprint density at radius 2 is 1.66 bits per heavy atom. The van der Waals surface area contributed by atoms with Crippen LogP contribution in [0.25, 0.3) is 11.2 Å². The first kappa shape index (κ1) is 36.9. The van der Waals surface area contributed by atoms with E-state index in [-0.39, 0.29) is 42.3 Å². The van der Waals surface area contributed by atoms with Crippen LogP contribution in [0.2, 0.25) is 0 Å². The Morgan fingerprint density at radius 3 is 2.30 bits per heavy atom. The fourth-order valence-electron chi connectivity index (χ4n) is 4.49. The van der Waals surface area contributed by atoms with Crippen LogP contribution < -0.4 is 27.6 Å². The number of phosphoric acid groups is 2. The summed E-state index contributed by atoms with van der Waals surface area (Å²) >= 11 is 0. The Bertz CT molecular complexity index is 1530. The molecule has 0 aromatic carbocycles. The van der Waals surface area contributed by atoms with Gasteiger partial charge in [-0.3, -0.25) is 18.6 Å². The van der Waals surface area contributed by atoms with E-state index in [9.17, 15) is 49.2 Å². The van der Waals surface area contributed by atoms with E-state index in [0.717, 1.165) is 6.33 Å². The molecule has 26 heteroatoms. The highest BCUT2D eigenvalue weighted by atomic mass is 31.3. The molecule has 2 fully saturated rings. The summed E-state index contributed by atoms with van der Waals surface area (Å²) in [6.07, 6.45) is -9.55. The maximum Gasteiger partial charge on any atom is 0.481 e. The number of carbonyl (C=O) groups excluding carboxylic acids is 1. The topological polar surface area (TPSA) is 388 Å². The van der Waals surface area contributed by atoms with Gasteiger partial charge in [0.15, 0.2) is 29.9 Å². The first-order chi connectivity index (χ1) is 22.0. The minimum atomic E-state index is -5.39. The summed E-state index contributed by atoms with van der Waals surface area (Å²) < 4.78 is 50.5. The Balaban J connectivity index is 1.25. The van der Waals surface area contributed by atoms with Gasteiger partial charge in [0.1, 0.15) is 48.5 Å². The number of carboxylic acids is 1. The van der Waals surface area contributed by atoms with Gasteiger partial charge in [0.2, 0.25) is 0 Å². The molecule has 0 aliphatic carbocycles. The molecule has 4 rings (SSSR count). The maximum atomic E-state index is 12.4. The van der Waals surface area contributed by atoms with Crippen LogP contribution in [0.15, 0.2) is 17.6 Å². The Morgan fingerprint density at radius 1 is 1.04 bits per heavy atom. The summed E-state index contributed by atoms with van der Waals surface area (Å²) in [6.45, 7) is -1.80. The van der Waals surface area contributed by atoms with Crippen molar-refractivity contribution in [2.75, 3.05) is 25.5 Å². The average molecular weight is 714 g/mol. The molecule has 264 valence electrons. The van der Waals surface area contributed by atoms with Crippen LogP contribution in [0.1, 0.15) is 19.1 Å². The fourth-order valence-corrected chi connectivity index (χ4v) is 6.58. The number of rotatable bonds is 15. The number of nitrogens with zero attached hydrogens (tertiary/aromatic N) is 5. The number of phosphoric ester groups is 2. The highest BCUT2D eigenvalue weighted by molar-refractivity contribution is 7.61. The third-order valence-electron chi connectivity index (χ3n) is 6.92. The zero-order valence-electron chi connectivity index (χ0n) is 24.1. The molecule has 0 spiro atoms. The van der Waals surface area contributed by atoms with E-state index in [1.54, 1.807) is 0 Å². The van der Waals surface area contributed by atoms with Gasteiger partial charge in [0.25, 0.3) is 0 Å². The minimum absolute atomic E-state index is 0.0412. The van der Waals surface area contributed by atoms with E-state index in [2.05, 4.69) is 38.6 Å². The number of carboxylic acid groups (broad SMARTS) is 1. The van der Waals surface area contributed by atoms with Crippen LogP contribution in [0.4, 0.5) is 5.82 Å². The second kappa shape index (κ2) is 15.1. The lowest BCUT2D eigenvalue weighted by Crippen LogP contribution is -2.47. The molecule has 2 unspecified atom stereocenters. The predicted molar refractivity (Wildman–Crippen MR) is 151 cm³/mol. The summed E-state index contributed by atoms with van der Waals surface area (Å²) in [7, 11) is -10.8. The Kier molecular flexibility index (Phi) is 11.8. The van der Waals surface area contributed by atoms with Crippen LogP contribution in [-0.2, 0) is 36.8 Å². The molecule has 47 heavy (non-hydrogen) atoms. The number of ether oxygens (including phenoxy) is 2. The number of aliphatic imine (C=N–C) groups is 1. The Labute approximate surface area is 264 Å². The number of carbonyl (C=O) groups is 1. The van der Waals surface area contributed by atoms with Crippen molar-refractivity contribution in [3.8, 4) is 0 Å². The van der Waals surface area contributed by atoms with E-state index < -0.39 is 89.9 Å². The molecule has 24 nitrogen and oxygen atoms in total. The quantitative estimate of drug-likeness (QED) is 0.0356. The number of imidazole rings is 1. The first-order valence-electron chi connectivity index (χ1n) is 13.6. The Hall–Kier alpha value is -2.93. The van der Waals surface area contributed by atoms with Crippen LogP contribution in [0, 0.1) is 0 Å². The zero-order chi connectivity index (χ0) is 34.7. The van der Waals surface area contributed by atoms with Crippen molar-refractivity contribution in [2.45, 2.75) is 68.0 Å². The molecule has 2 aromatic heterocycles. The van der Waals surface area contributed by atoms with E-state index in [1.165, 1.54) is 10.9 Å². The lowest BCUT2D eigenvalue weighted by molar-refractivity contribution is -0.307. The van der Waals surface area contributed by atoms with Gasteiger partial charge in [-0.15, -0.1) is 0 Å². The summed E-state index contributed by atoms with van der Waals surface area (Å²) in [4.78, 5) is 46.3. The van der Waals surface area contributed by atoms with Crippen molar-refractivity contribution >= 4 is 44.6 Å². The van der Waals surface area contributed by atoms with E-state index >= 15 is 0 Å². The number of aliphatic hydroxyl groups is 4. The number of fused-ring (bicyclic) bond motifs is 1. The third kappa shape index (κ3) is 9.16. The van der Waals surface area contributed by atoms with Gasteiger partial charge >= 0.3 is 15.6 Å². The van der Waals surface area contributed by atoms with Crippen LogP contribution in [0.5, 0.6) is 0 Å². The molecular formula is C21H34N9O15P2-. The van der Waals surface area contributed by atoms with E-state index in [4.69, 9.17) is 26.7 Å². The smallest absolute Gasteiger partial charge is 0.481 e. The largest absolute Gasteiger partial charge is 0.548 e. The summed E-state index contributed by atoms with van der Waals surface area (Å²) in [5, 5.41) is 54.5. The normalized spacial score (nSPS) is 31.4. The van der Waals surface area contributed by atoms with E-state index in [0.29, 0.717) is 0 Å². The van der Waals surface area contributed by atoms with Crippen molar-refractivity contribution in [1.29, 1.82) is 0 Å². The number of aliphatic hydroxyl groups excluding tert-OH is 4. The molecule has 2 saturated heterocycles. The molecule has 0 radical (unpaired) electrons. The van der Waals surface area contributed by atoms with Gasteiger partial charge < -0.3 is 72.1 Å². The van der Waals surface area contributed by atoms with Gasteiger partial charge in [-0.05, 0) is 12.8 Å². The van der Waals surface area contributed by atoms with Gasteiger partial charge in [0.05, 0.1) is 25.5 Å². The second-order valence-electron chi connectivity index (χ2n) is 10.3. The van der Waals surface area contributed by atoms with E-state index in [1.807, 2.05) is 0 Å². The predicted octanol–water partition coefficient (Wildman–Crippen LogP) is -5.51. The van der Waals surface area contributed by atoms with Crippen molar-refractivity contribution in [3.05, 3.63) is 12.7 Å². The maximum absolute atomic E-state index is 12.4. The summed E-state index contributed by atoms with van der Waals surface area (Å²) in [6, 6.07) is -1.18. The van der Waals surface area contributed by atoms with Crippen molar-refractivity contribution in [2.24, 2.45) is 16.5 Å². The van der Waals surface area contributed by atoms with Gasteiger partial charge in [-0.1, -0.05) is 0 Å². The van der Waals surface area contributed by atoms with Crippen LogP contribution in [0.3, 0.4) is 0 Å². The molecule has 0 amide bonds. The van der Waals surface area contributed by atoms with Crippen LogP contribution >= 0.6 is 15.6 Å². The molecule has 0 bridgehead atoms. The molecule has 13 N–H and O–H groups in total. The van der Waals surface area contributed by atoms with Gasteiger partial charge in [-0.2, -0.15) is 4.31 Å². The zero-order valence-corrected chi connectivity index (χ0v) is 25.9. The number of nitrogens with one attached hydrogen (secondary N) is 1. The summed E-state index contributed by atoms with van der Waals surface area (Å²) in [5.74, 6) is -1.64. The molecule has 2 aromatic rings. The number of anilines is 1. The molecule has 0 saturated carbocycles. The third-order valence-corrected chi connectivity index (χ3v) is 9.52. The molecule has 4 heterocycles. The lowest BCUT2D eigenvalue weighted by Gasteiger charge is -2.20. The fraction of sp³-hybridized carbons (Fsp3) is 0.667. The number of aliphatic carboxylic acids is 1. The first-order valence-corrected chi connectivity index (χ1v) is 16.6. The van der Waals surface area contributed by atoms with Gasteiger partial charge in [-0.25, -0.2) is 24.1 Å². The molecule has 2 aliphatic heterocycles. The average Bonchev–Trinajstić information content (AvgIpc) is 3.63. The van der Waals surface area contributed by atoms with Gasteiger partial charge in [0, 0.05) is 12.6 Å². The van der Waals surface area contributed by atoms with Crippen LogP contribution in [-0.4, -0.2) is 130 Å².